The molecule has 0 saturated heterocycles. The molecule has 0 rings (SSSR count). The van der Waals surface area contributed by atoms with Crippen molar-refractivity contribution in [2.24, 2.45) is 0 Å². The van der Waals surface area contributed by atoms with Gasteiger partial charge in [0.15, 0.2) is 36.6 Å². The third-order valence-electron chi connectivity index (χ3n) is 9.82. The number of carbonyl (C=O) groups is 15. The first-order valence-electron chi connectivity index (χ1n) is 26.9. The molecule has 36 nitrogen and oxygen atoms in total. The van der Waals surface area contributed by atoms with E-state index in [0.29, 0.717) is 13.0 Å². The van der Waals surface area contributed by atoms with Crippen molar-refractivity contribution in [3.63, 3.8) is 0 Å². The molecule has 12 atom stereocenters. The second-order valence-electron chi connectivity index (χ2n) is 16.5. The van der Waals surface area contributed by atoms with Crippen molar-refractivity contribution in [3.8, 4) is 0 Å². The van der Waals surface area contributed by atoms with Crippen LogP contribution in [0, 0.1) is 0 Å². The van der Waals surface area contributed by atoms with Crippen molar-refractivity contribution in [1.29, 1.82) is 0 Å². The molecule has 0 aliphatic heterocycles. The summed E-state index contributed by atoms with van der Waals surface area (Å²) in [5.41, 5.74) is 0. The zero-order valence-corrected chi connectivity index (χ0v) is 56.8. The van der Waals surface area contributed by atoms with Crippen LogP contribution in [0.15, 0.2) is 0 Å². The zero-order chi connectivity index (χ0) is 72.3. The number of aliphatic hydroxyl groups excluding tert-OH is 5. The number of hydrogen-bond donors (Lipinski definition) is 10. The van der Waals surface area contributed by atoms with Crippen LogP contribution in [0.5, 0.6) is 0 Å². The molecule has 0 radical (unpaired) electrons. The van der Waals surface area contributed by atoms with Gasteiger partial charge in [0.25, 0.3) is 0 Å². The summed E-state index contributed by atoms with van der Waals surface area (Å²) in [6.07, 6.45) is -27.8. The van der Waals surface area contributed by atoms with E-state index in [4.69, 9.17) is 114 Å². The molecule has 0 spiro atoms. The predicted molar refractivity (Wildman–Crippen MR) is 298 cm³/mol. The third-order valence-corrected chi connectivity index (χ3v) is 10.1. The minimum absolute atomic E-state index is 0.0281. The fraction of sp³-hybridized carbons (Fsp3) is 0.706. The minimum atomic E-state index is -2.36. The van der Waals surface area contributed by atoms with Gasteiger partial charge in [0.2, 0.25) is 29.7 Å². The third kappa shape index (κ3) is 45.4. The van der Waals surface area contributed by atoms with Crippen LogP contribution in [0.25, 0.3) is 0 Å². The Morgan fingerprint density at radius 1 is 0.352 bits per heavy atom. The van der Waals surface area contributed by atoms with E-state index in [1.165, 1.54) is 62.5 Å². The SMILES string of the molecule is CCC(=O)Cl.CCC(=O)OC(C(=O)O)C(OC(=O)CC)C(OC(=O)CC)C(OC(=O)CC)C(=O)O.CCC(=O)OC(C(=O)O)C(OC(=O)CC)C(OC(=O)CC)C(OC(=O)CC)C(=O)OCCOC.COCCO.O=C(O)C(O)C(O)C(O)C(O)C(=O)O.[Cl][Zn][Cl]. The van der Waals surface area contributed by atoms with Crippen LogP contribution in [0.4, 0.5) is 0 Å². The summed E-state index contributed by atoms with van der Waals surface area (Å²) < 4.78 is 54.1. The molecule has 10 N–H and O–H groups in total. The van der Waals surface area contributed by atoms with Crippen molar-refractivity contribution in [1.82, 2.24) is 0 Å². The first-order valence-corrected chi connectivity index (χ1v) is 35.1. The number of hydrogen-bond acceptors (Lipinski definition) is 31. The standard InChI is InChI=1S/C21H32O13.C18H26O12.C6H10O8.C3H5ClO.C3H8O2.2ClH.Zn/c1-6-12(22)31-16(18(20(26)27)33-14(24)8-3)17(32-13(23)7-2)19(34-15(25)9-4)21(28)30-11-10-29-5;1-5-9(19)27-13(15(17(23)24)29-11(21)7-3)14(28-10(20)6-2)16(18(25)26)30-12(22)8-4;7-1(3(9)5(11)12)2(8)4(10)6(13)14;1-2-3(4)5;1-5-3-2-4;;;/h16-19H,6-11H2,1-5H3,(H,26,27);13-16H,5-8H2,1-4H3,(H,23,24)(H,25,26);1-4,7-10H,(H,11,12)(H,13,14);2H2,1H3;4H,2-3H2,1H3;2*1H;/q;;;;;;;+2/p-2. The zero-order valence-electron chi connectivity index (χ0n) is 51.5. The van der Waals surface area contributed by atoms with Gasteiger partial charge in [-0.2, -0.15) is 0 Å². The van der Waals surface area contributed by atoms with Gasteiger partial charge in [-0.15, -0.1) is 0 Å². The molecule has 12 unspecified atom stereocenters. The summed E-state index contributed by atoms with van der Waals surface area (Å²) in [6.45, 7) is 13.1. The average molecular weight is 1440 g/mol. The van der Waals surface area contributed by atoms with Crippen LogP contribution in [-0.4, -0.2) is 254 Å². The quantitative estimate of drug-likeness (QED) is 0.0126. The van der Waals surface area contributed by atoms with Gasteiger partial charge < -0.3 is 103 Å². The molecule has 0 fully saturated rings. The van der Waals surface area contributed by atoms with E-state index in [1.54, 1.807) is 14.0 Å². The molecule has 0 aromatic rings. The number of ether oxygens (including phenoxy) is 11. The number of carboxylic acid groups (broad SMARTS) is 5. The Morgan fingerprint density at radius 3 is 0.725 bits per heavy atom. The number of esters is 9. The Labute approximate surface area is 541 Å². The van der Waals surface area contributed by atoms with Crippen molar-refractivity contribution in [2.45, 2.75) is 193 Å². The Bertz CT molecular complexity index is 2160. The summed E-state index contributed by atoms with van der Waals surface area (Å²) in [4.78, 5) is 173. The van der Waals surface area contributed by atoms with Crippen LogP contribution in [0.1, 0.15) is 120 Å². The van der Waals surface area contributed by atoms with Crippen molar-refractivity contribution >= 4 is 120 Å². The van der Waals surface area contributed by atoms with Crippen molar-refractivity contribution in [3.05, 3.63) is 0 Å². The maximum atomic E-state index is 12.8. The van der Waals surface area contributed by atoms with Crippen LogP contribution in [0.2, 0.25) is 0 Å². The fourth-order valence-electron chi connectivity index (χ4n) is 5.13. The molecule has 0 bridgehead atoms. The molecule has 0 saturated carbocycles. The molecular weight excluding hydrogens is 1360 g/mol. The Balaban J connectivity index is -0.000000285. The van der Waals surface area contributed by atoms with Crippen molar-refractivity contribution < 1.29 is 190 Å². The molecule has 91 heavy (non-hydrogen) atoms. The first-order chi connectivity index (χ1) is 42.4. The summed E-state index contributed by atoms with van der Waals surface area (Å²) >= 11 is 3.89. The van der Waals surface area contributed by atoms with Crippen LogP contribution in [0.3, 0.4) is 0 Å². The number of carbonyl (C=O) groups excluding carboxylic acids is 10. The van der Waals surface area contributed by atoms with Gasteiger partial charge >= 0.3 is 118 Å². The second-order valence-corrected chi connectivity index (χ2v) is 21.6. The van der Waals surface area contributed by atoms with Gasteiger partial charge in [0, 0.05) is 72.0 Å². The normalized spacial score (nSPS) is 14.0. The average Bonchev–Trinajstić information content (AvgIpc) is 2.17. The number of aliphatic carboxylic acids is 5. The van der Waals surface area contributed by atoms with E-state index < -0.39 is 172 Å². The van der Waals surface area contributed by atoms with Gasteiger partial charge in [-0.1, -0.05) is 62.3 Å². The monoisotopic (exact) mass is 1440 g/mol. The van der Waals surface area contributed by atoms with E-state index in [0.717, 1.165) is 0 Å². The van der Waals surface area contributed by atoms with E-state index >= 15 is 0 Å². The van der Waals surface area contributed by atoms with Gasteiger partial charge in [-0.3, -0.25) is 43.2 Å². The molecule has 0 aliphatic carbocycles. The second kappa shape index (κ2) is 57.4. The molecule has 0 amide bonds. The van der Waals surface area contributed by atoms with Gasteiger partial charge in [0.05, 0.1) is 19.8 Å². The molecule has 0 aromatic carbocycles. The Morgan fingerprint density at radius 2 is 0.560 bits per heavy atom. The predicted octanol–water partition coefficient (Wildman–Crippen LogP) is -0.247. The summed E-state index contributed by atoms with van der Waals surface area (Å²) in [5, 5.41) is 87.8. The van der Waals surface area contributed by atoms with E-state index in [9.17, 15) is 87.2 Å². The topological polar surface area (TPSA) is 560 Å². The Hall–Kier alpha value is -6.54. The summed E-state index contributed by atoms with van der Waals surface area (Å²) in [6, 6.07) is 0. The molecule has 0 heterocycles. The van der Waals surface area contributed by atoms with Crippen LogP contribution in [-0.2, 0) is 139 Å². The number of methoxy groups -OCH3 is 2. The number of aliphatic hydroxyl groups is 5. The van der Waals surface area contributed by atoms with E-state index in [1.807, 2.05) is 0 Å². The maximum absolute atomic E-state index is 12.8. The first kappa shape index (κ1) is 95.6. The molecule has 524 valence electrons. The van der Waals surface area contributed by atoms with Gasteiger partial charge in [-0.25, -0.2) is 28.8 Å². The fourth-order valence-corrected chi connectivity index (χ4v) is 5.13. The van der Waals surface area contributed by atoms with Crippen LogP contribution < -0.4 is 0 Å². The van der Waals surface area contributed by atoms with Crippen molar-refractivity contribution in [2.75, 3.05) is 40.6 Å². The number of halogens is 3. The van der Waals surface area contributed by atoms with E-state index in [2.05, 4.69) is 4.74 Å². The number of rotatable bonds is 37. The molecule has 40 heteroatoms. The van der Waals surface area contributed by atoms with Gasteiger partial charge in [-0.05, 0) is 11.6 Å². The van der Waals surface area contributed by atoms with Crippen LogP contribution >= 0.6 is 31.0 Å². The molecule has 0 aliphatic rings. The molecular formula is C51H81Cl3O36Zn. The molecule has 0 aromatic heterocycles. The van der Waals surface area contributed by atoms with E-state index in [-0.39, 0.29) is 76.4 Å². The summed E-state index contributed by atoms with van der Waals surface area (Å²) in [7, 11) is 12.8. The summed E-state index contributed by atoms with van der Waals surface area (Å²) in [5.74, 6) is -18.1. The Kier molecular flexibility index (Phi) is 60.3. The number of carboxylic acids is 5. The van der Waals surface area contributed by atoms with Gasteiger partial charge in [0.1, 0.15) is 18.8 Å².